The Morgan fingerprint density at radius 3 is 2.60 bits per heavy atom. The monoisotopic (exact) mass is 152 g/mol. The Balaban J connectivity index is 3.31. The maximum Gasteiger partial charge on any atom is 0.119 e. The van der Waals surface area contributed by atoms with Gasteiger partial charge in [-0.05, 0) is 24.6 Å². The van der Waals surface area contributed by atoms with E-state index in [4.69, 9.17) is 24.6 Å². The van der Waals surface area contributed by atoms with Gasteiger partial charge in [0.2, 0.25) is 0 Å². The second-order valence-corrected chi connectivity index (χ2v) is 2.60. The van der Waals surface area contributed by atoms with Crippen LogP contribution in [0.5, 0.6) is 5.75 Å². The Morgan fingerprint density at radius 1 is 1.50 bits per heavy atom. The number of halogens is 1. The Morgan fingerprint density at radius 2 is 2.10 bits per heavy atom. The lowest BCUT2D eigenvalue weighted by Crippen LogP contribution is -2.03. The molecule has 0 spiro atoms. The zero-order chi connectivity index (χ0) is 7.72. The Kier molecular flexibility index (Phi) is 1.91. The van der Waals surface area contributed by atoms with E-state index in [1.807, 2.05) is 0 Å². The number of aromatic hydroxyl groups is 1. The van der Waals surface area contributed by atoms with Crippen LogP contribution in [0.25, 0.3) is 0 Å². The summed E-state index contributed by atoms with van der Waals surface area (Å²) in [6, 6.07) is 3.18. The molecule has 0 aromatic heterocycles. The van der Waals surface area contributed by atoms with Gasteiger partial charge in [0.25, 0.3) is 0 Å². The first kappa shape index (κ1) is 7.48. The summed E-state index contributed by atoms with van der Waals surface area (Å²) in [5.74, 6) is 0.115. The van der Waals surface area contributed by atoms with Crippen LogP contribution in [-0.2, 0) is 0 Å². The first-order valence-corrected chi connectivity index (χ1v) is 3.23. The Bertz CT molecular complexity index is 237. The zero-order valence-electron chi connectivity index (χ0n) is 5.56. The van der Waals surface area contributed by atoms with Crippen LogP contribution >= 0.6 is 11.6 Å². The van der Waals surface area contributed by atoms with Crippen LogP contribution in [0.2, 0.25) is 5.02 Å². The average molecular weight is 152 g/mol. The van der Waals surface area contributed by atoms with Crippen molar-refractivity contribution in [3.05, 3.63) is 22.7 Å². The second kappa shape index (κ2) is 2.55. The molecule has 1 aromatic rings. The van der Waals surface area contributed by atoms with E-state index in [2.05, 4.69) is 0 Å². The van der Waals surface area contributed by atoms with Crippen molar-refractivity contribution in [2.45, 2.75) is 6.92 Å². The molecular formula is C7H6BClO. The highest BCUT2D eigenvalue weighted by molar-refractivity contribution is 6.37. The zero-order valence-corrected chi connectivity index (χ0v) is 6.31. The van der Waals surface area contributed by atoms with Gasteiger partial charge in [0.15, 0.2) is 0 Å². The van der Waals surface area contributed by atoms with Crippen LogP contribution in [0.4, 0.5) is 0 Å². The highest BCUT2D eigenvalue weighted by Gasteiger charge is 1.99. The van der Waals surface area contributed by atoms with Gasteiger partial charge in [-0.25, -0.2) is 0 Å². The molecule has 0 aliphatic carbocycles. The van der Waals surface area contributed by atoms with Crippen LogP contribution in [0, 0.1) is 6.92 Å². The molecule has 0 amide bonds. The SMILES string of the molecule is [B]c1cc(Cl)cc(C)c1O. The largest absolute Gasteiger partial charge is 0.508 e. The van der Waals surface area contributed by atoms with Gasteiger partial charge >= 0.3 is 0 Å². The van der Waals surface area contributed by atoms with Gasteiger partial charge in [-0.3, -0.25) is 0 Å². The maximum absolute atomic E-state index is 9.15. The summed E-state index contributed by atoms with van der Waals surface area (Å²) in [5, 5.41) is 9.70. The molecule has 0 aliphatic rings. The fraction of sp³-hybridized carbons (Fsp3) is 0.143. The average Bonchev–Trinajstić information content (AvgIpc) is 1.82. The fourth-order valence-electron chi connectivity index (χ4n) is 0.761. The molecular weight excluding hydrogens is 146 g/mol. The summed E-state index contributed by atoms with van der Waals surface area (Å²) in [4.78, 5) is 0. The number of phenolic OH excluding ortho intramolecular Hbond substituents is 1. The third kappa shape index (κ3) is 1.27. The standard InChI is InChI=1S/C7H6BClO/c1-4-2-5(9)3-6(8)7(4)10/h2-3,10H,1H3. The van der Waals surface area contributed by atoms with Crippen molar-refractivity contribution in [2.24, 2.45) is 0 Å². The van der Waals surface area contributed by atoms with Crippen molar-refractivity contribution in [3.63, 3.8) is 0 Å². The van der Waals surface area contributed by atoms with Gasteiger partial charge in [0.05, 0.1) is 0 Å². The normalized spacial score (nSPS) is 9.80. The number of rotatable bonds is 0. The summed E-state index contributed by atoms with van der Waals surface area (Å²) >= 11 is 5.63. The van der Waals surface area contributed by atoms with E-state index >= 15 is 0 Å². The molecule has 2 radical (unpaired) electrons. The topological polar surface area (TPSA) is 20.2 Å². The lowest BCUT2D eigenvalue weighted by molar-refractivity contribution is 0.475. The van der Waals surface area contributed by atoms with E-state index in [0.717, 1.165) is 0 Å². The van der Waals surface area contributed by atoms with Crippen LogP contribution in [-0.4, -0.2) is 13.0 Å². The van der Waals surface area contributed by atoms with Gasteiger partial charge < -0.3 is 5.11 Å². The number of aryl methyl sites for hydroxylation is 1. The van der Waals surface area contributed by atoms with E-state index in [0.29, 0.717) is 16.0 Å². The van der Waals surface area contributed by atoms with Crippen molar-refractivity contribution in [2.75, 3.05) is 0 Å². The van der Waals surface area contributed by atoms with Crippen LogP contribution in [0.15, 0.2) is 12.1 Å². The number of hydrogen-bond donors (Lipinski definition) is 1. The molecule has 0 fully saturated rings. The molecule has 50 valence electrons. The van der Waals surface area contributed by atoms with E-state index < -0.39 is 0 Å². The maximum atomic E-state index is 9.15. The molecule has 0 heterocycles. The molecule has 0 saturated heterocycles. The third-order valence-electron chi connectivity index (χ3n) is 1.29. The second-order valence-electron chi connectivity index (χ2n) is 2.16. The molecule has 0 saturated carbocycles. The molecule has 0 atom stereocenters. The minimum atomic E-state index is 0.115. The van der Waals surface area contributed by atoms with Gasteiger partial charge in [-0.2, -0.15) is 0 Å². The molecule has 0 bridgehead atoms. The predicted molar refractivity (Wildman–Crippen MR) is 43.2 cm³/mol. The quantitative estimate of drug-likeness (QED) is 0.553. The van der Waals surface area contributed by atoms with Crippen LogP contribution < -0.4 is 5.46 Å². The van der Waals surface area contributed by atoms with Gasteiger partial charge in [-0.1, -0.05) is 17.1 Å². The molecule has 1 nitrogen and oxygen atoms in total. The van der Waals surface area contributed by atoms with E-state index in [1.165, 1.54) is 6.07 Å². The van der Waals surface area contributed by atoms with Gasteiger partial charge in [0, 0.05) is 5.02 Å². The molecule has 1 aromatic carbocycles. The molecule has 3 heteroatoms. The minimum absolute atomic E-state index is 0.115. The van der Waals surface area contributed by atoms with E-state index in [9.17, 15) is 0 Å². The summed E-state index contributed by atoms with van der Waals surface area (Å²) in [5.41, 5.74) is 1.02. The molecule has 0 aliphatic heterocycles. The van der Waals surface area contributed by atoms with Crippen LogP contribution in [0.3, 0.4) is 0 Å². The van der Waals surface area contributed by atoms with E-state index in [1.54, 1.807) is 13.0 Å². The van der Waals surface area contributed by atoms with Crippen LogP contribution in [0.1, 0.15) is 5.56 Å². The summed E-state index contributed by atoms with van der Waals surface area (Å²) in [6.07, 6.45) is 0. The van der Waals surface area contributed by atoms with Crippen molar-refractivity contribution in [1.29, 1.82) is 0 Å². The first-order valence-electron chi connectivity index (χ1n) is 2.86. The van der Waals surface area contributed by atoms with E-state index in [-0.39, 0.29) is 5.75 Å². The number of benzene rings is 1. The highest BCUT2D eigenvalue weighted by atomic mass is 35.5. The summed E-state index contributed by atoms with van der Waals surface area (Å²) < 4.78 is 0. The number of hydrogen-bond acceptors (Lipinski definition) is 1. The number of phenols is 1. The predicted octanol–water partition coefficient (Wildman–Crippen LogP) is 1.15. The Labute approximate surface area is 66.0 Å². The Hall–Kier alpha value is -0.625. The van der Waals surface area contributed by atoms with Crippen molar-refractivity contribution in [1.82, 2.24) is 0 Å². The van der Waals surface area contributed by atoms with Gasteiger partial charge in [0.1, 0.15) is 13.6 Å². The first-order chi connectivity index (χ1) is 4.61. The lowest BCUT2D eigenvalue weighted by Gasteiger charge is -2.02. The third-order valence-corrected chi connectivity index (χ3v) is 1.51. The van der Waals surface area contributed by atoms with Gasteiger partial charge in [-0.15, -0.1) is 0 Å². The van der Waals surface area contributed by atoms with Crippen molar-refractivity contribution >= 4 is 24.9 Å². The minimum Gasteiger partial charge on any atom is -0.508 e. The fourth-order valence-corrected chi connectivity index (χ4v) is 1.04. The molecule has 10 heavy (non-hydrogen) atoms. The summed E-state index contributed by atoms with van der Waals surface area (Å²) in [6.45, 7) is 1.75. The van der Waals surface area contributed by atoms with Crippen molar-refractivity contribution in [3.8, 4) is 5.75 Å². The lowest BCUT2D eigenvalue weighted by atomic mass is 9.93. The summed E-state index contributed by atoms with van der Waals surface area (Å²) in [7, 11) is 5.39. The molecule has 1 rings (SSSR count). The molecule has 0 unspecified atom stereocenters. The van der Waals surface area contributed by atoms with Crippen molar-refractivity contribution < 1.29 is 5.11 Å². The molecule has 1 N–H and O–H groups in total. The highest BCUT2D eigenvalue weighted by Crippen LogP contribution is 2.16. The smallest absolute Gasteiger partial charge is 0.119 e.